The van der Waals surface area contributed by atoms with Crippen molar-refractivity contribution in [2.24, 2.45) is 0 Å². The highest BCUT2D eigenvalue weighted by Gasteiger charge is 2.37. The molecule has 1 aliphatic rings. The molecule has 0 heterocycles. The van der Waals surface area contributed by atoms with Crippen LogP contribution in [-0.4, -0.2) is 35.8 Å². The number of benzene rings is 3. The first kappa shape index (κ1) is 24.7. The number of carbonyl (C=O) groups is 2. The minimum Gasteiger partial charge on any atom is -0.352 e. The van der Waals surface area contributed by atoms with Crippen molar-refractivity contribution in [3.05, 3.63) is 107 Å². The highest BCUT2D eigenvalue weighted by molar-refractivity contribution is 5.88. The molecule has 4 nitrogen and oxygen atoms in total. The summed E-state index contributed by atoms with van der Waals surface area (Å²) in [6, 6.07) is 28.6. The third kappa shape index (κ3) is 6.00. The molecule has 0 radical (unpaired) electrons. The molecule has 0 saturated carbocycles. The Balaban J connectivity index is 1.43. The zero-order chi connectivity index (χ0) is 24.7. The highest BCUT2D eigenvalue weighted by atomic mass is 16.2. The van der Waals surface area contributed by atoms with Crippen LogP contribution in [0.5, 0.6) is 0 Å². The Hall–Kier alpha value is -3.40. The molecular weight excluding hydrogens is 432 g/mol. The van der Waals surface area contributed by atoms with Gasteiger partial charge in [0, 0.05) is 25.6 Å². The molecule has 1 N–H and O–H groups in total. The molecule has 1 unspecified atom stereocenters. The summed E-state index contributed by atoms with van der Waals surface area (Å²) in [5.74, 6) is 0.174. The molecule has 0 fully saturated rings. The van der Waals surface area contributed by atoms with Gasteiger partial charge in [-0.1, -0.05) is 84.9 Å². The van der Waals surface area contributed by atoms with E-state index in [2.05, 4.69) is 41.7 Å². The van der Waals surface area contributed by atoms with Gasteiger partial charge in [-0.25, -0.2) is 0 Å². The molecular formula is C31H36N2O2. The third-order valence-corrected chi connectivity index (χ3v) is 7.38. The van der Waals surface area contributed by atoms with Gasteiger partial charge in [-0.05, 0) is 61.8 Å². The minimum atomic E-state index is -0.719. The van der Waals surface area contributed by atoms with Gasteiger partial charge in [-0.15, -0.1) is 0 Å². The van der Waals surface area contributed by atoms with Crippen molar-refractivity contribution >= 4 is 11.8 Å². The molecule has 3 aromatic carbocycles. The van der Waals surface area contributed by atoms with E-state index in [1.165, 1.54) is 16.7 Å². The maximum absolute atomic E-state index is 13.7. The quantitative estimate of drug-likeness (QED) is 0.450. The number of fused-ring (bicyclic) bond motifs is 1. The van der Waals surface area contributed by atoms with Crippen LogP contribution >= 0.6 is 0 Å². The Bertz CT molecular complexity index is 1100. The fraction of sp³-hybridized carbons (Fsp3) is 0.355. The monoisotopic (exact) mass is 468 g/mol. The molecule has 0 bridgehead atoms. The Morgan fingerprint density at radius 2 is 1.46 bits per heavy atom. The topological polar surface area (TPSA) is 49.4 Å². The minimum absolute atomic E-state index is 0.0364. The lowest BCUT2D eigenvalue weighted by Crippen LogP contribution is -2.48. The number of hydrogen-bond acceptors (Lipinski definition) is 2. The van der Waals surface area contributed by atoms with Crippen molar-refractivity contribution < 1.29 is 9.59 Å². The second-order valence-electron chi connectivity index (χ2n) is 9.75. The van der Waals surface area contributed by atoms with Crippen LogP contribution in [0.25, 0.3) is 0 Å². The van der Waals surface area contributed by atoms with Crippen LogP contribution in [0.3, 0.4) is 0 Å². The normalized spacial score (nSPS) is 14.7. The summed E-state index contributed by atoms with van der Waals surface area (Å²) >= 11 is 0. The zero-order valence-electron chi connectivity index (χ0n) is 20.9. The van der Waals surface area contributed by atoms with Gasteiger partial charge < -0.3 is 10.2 Å². The van der Waals surface area contributed by atoms with E-state index in [1.807, 2.05) is 67.3 Å². The maximum Gasteiger partial charge on any atom is 0.230 e. The summed E-state index contributed by atoms with van der Waals surface area (Å²) in [6.07, 6.45) is 3.52. The molecule has 0 saturated heterocycles. The molecule has 1 atom stereocenters. The van der Waals surface area contributed by atoms with E-state index in [-0.39, 0.29) is 17.9 Å². The van der Waals surface area contributed by atoms with Gasteiger partial charge >= 0.3 is 0 Å². The molecule has 0 spiro atoms. The Morgan fingerprint density at radius 3 is 2.06 bits per heavy atom. The second-order valence-corrected chi connectivity index (χ2v) is 9.75. The van der Waals surface area contributed by atoms with E-state index in [0.717, 1.165) is 24.8 Å². The Morgan fingerprint density at radius 1 is 0.886 bits per heavy atom. The van der Waals surface area contributed by atoms with E-state index in [0.29, 0.717) is 25.9 Å². The van der Waals surface area contributed by atoms with Crippen molar-refractivity contribution in [2.45, 2.75) is 57.4 Å². The van der Waals surface area contributed by atoms with Gasteiger partial charge in [0.25, 0.3) is 0 Å². The predicted molar refractivity (Wildman–Crippen MR) is 141 cm³/mol. The van der Waals surface area contributed by atoms with Crippen LogP contribution in [0.2, 0.25) is 0 Å². The van der Waals surface area contributed by atoms with Gasteiger partial charge in [0.2, 0.25) is 11.8 Å². The summed E-state index contributed by atoms with van der Waals surface area (Å²) < 4.78 is 0. The first-order chi connectivity index (χ1) is 17.0. The smallest absolute Gasteiger partial charge is 0.230 e. The van der Waals surface area contributed by atoms with Crippen LogP contribution in [0.1, 0.15) is 48.9 Å². The summed E-state index contributed by atoms with van der Waals surface area (Å²) in [5.41, 5.74) is 4.08. The van der Waals surface area contributed by atoms with Crippen LogP contribution in [-0.2, 0) is 34.3 Å². The van der Waals surface area contributed by atoms with E-state index < -0.39 is 5.41 Å². The molecule has 1 aliphatic carbocycles. The van der Waals surface area contributed by atoms with Crippen LogP contribution in [0, 0.1) is 0 Å². The number of nitrogens with one attached hydrogen (secondary N) is 1. The number of amides is 2. The van der Waals surface area contributed by atoms with Gasteiger partial charge in [0.05, 0.1) is 5.41 Å². The average Bonchev–Trinajstić information content (AvgIpc) is 3.31. The molecule has 4 heteroatoms. The van der Waals surface area contributed by atoms with Gasteiger partial charge in [-0.2, -0.15) is 0 Å². The number of rotatable bonds is 10. The largest absolute Gasteiger partial charge is 0.352 e. The Labute approximate surface area is 209 Å². The first-order valence-electron chi connectivity index (χ1n) is 12.7. The summed E-state index contributed by atoms with van der Waals surface area (Å²) in [5, 5.41) is 3.34. The number of hydrogen-bond donors (Lipinski definition) is 1. The van der Waals surface area contributed by atoms with Crippen LogP contribution in [0.4, 0.5) is 0 Å². The van der Waals surface area contributed by atoms with Crippen molar-refractivity contribution in [3.63, 3.8) is 0 Å². The second kappa shape index (κ2) is 11.4. The molecule has 182 valence electrons. The summed E-state index contributed by atoms with van der Waals surface area (Å²) in [6.45, 7) is 5.21. The lowest BCUT2D eigenvalue weighted by molar-refractivity contribution is -0.133. The maximum atomic E-state index is 13.7. The molecule has 2 amide bonds. The zero-order valence-corrected chi connectivity index (χ0v) is 20.9. The van der Waals surface area contributed by atoms with Gasteiger partial charge in [-0.3, -0.25) is 9.59 Å². The lowest BCUT2D eigenvalue weighted by Gasteiger charge is -2.33. The third-order valence-electron chi connectivity index (χ3n) is 7.38. The Kier molecular flexibility index (Phi) is 8.02. The number of carbonyl (C=O) groups excluding carboxylic acids is 2. The van der Waals surface area contributed by atoms with E-state index in [1.54, 1.807) is 0 Å². The molecule has 0 aromatic heterocycles. The van der Waals surface area contributed by atoms with E-state index >= 15 is 0 Å². The standard InChI is InChI=1S/C31H36N2O2/c1-3-33(29(34)19-18-24-12-6-4-7-13-24)21-20-31(2,27-16-8-5-9-17-27)30(35)32-28-22-25-14-10-11-15-26(25)23-28/h4-17,28H,3,18-23H2,1-2H3,(H,32,35). The summed E-state index contributed by atoms with van der Waals surface area (Å²) in [7, 11) is 0. The van der Waals surface area contributed by atoms with Crippen molar-refractivity contribution in [1.82, 2.24) is 10.2 Å². The van der Waals surface area contributed by atoms with Crippen molar-refractivity contribution in [2.75, 3.05) is 13.1 Å². The predicted octanol–water partition coefficient (Wildman–Crippen LogP) is 5.10. The molecule has 0 aliphatic heterocycles. The molecule has 4 rings (SSSR count). The van der Waals surface area contributed by atoms with Crippen molar-refractivity contribution in [1.29, 1.82) is 0 Å². The number of nitrogens with zero attached hydrogens (tertiary/aromatic N) is 1. The summed E-state index contributed by atoms with van der Waals surface area (Å²) in [4.78, 5) is 28.6. The van der Waals surface area contributed by atoms with Gasteiger partial charge in [0.1, 0.15) is 0 Å². The van der Waals surface area contributed by atoms with E-state index in [4.69, 9.17) is 0 Å². The fourth-order valence-corrected chi connectivity index (χ4v) is 5.07. The van der Waals surface area contributed by atoms with Crippen molar-refractivity contribution in [3.8, 4) is 0 Å². The first-order valence-corrected chi connectivity index (χ1v) is 12.7. The van der Waals surface area contributed by atoms with E-state index in [9.17, 15) is 9.59 Å². The van der Waals surface area contributed by atoms with Gasteiger partial charge in [0.15, 0.2) is 0 Å². The number of aryl methyl sites for hydroxylation is 1. The highest BCUT2D eigenvalue weighted by Crippen LogP contribution is 2.30. The molecule has 35 heavy (non-hydrogen) atoms. The average molecular weight is 469 g/mol. The van der Waals surface area contributed by atoms with Crippen LogP contribution in [0.15, 0.2) is 84.9 Å². The lowest BCUT2D eigenvalue weighted by atomic mass is 9.78. The SMILES string of the molecule is CCN(CCC(C)(C(=O)NC1Cc2ccccc2C1)c1ccccc1)C(=O)CCc1ccccc1. The van der Waals surface area contributed by atoms with Crippen LogP contribution < -0.4 is 5.32 Å². The molecule has 3 aromatic rings. The fourth-order valence-electron chi connectivity index (χ4n) is 5.07.